The van der Waals surface area contributed by atoms with Gasteiger partial charge in [0.1, 0.15) is 5.75 Å². The Kier molecular flexibility index (Phi) is 3.80. The highest BCUT2D eigenvalue weighted by atomic mass is 35.5. The van der Waals surface area contributed by atoms with Crippen molar-refractivity contribution in [3.63, 3.8) is 0 Å². The van der Waals surface area contributed by atoms with Gasteiger partial charge in [-0.15, -0.1) is 0 Å². The third kappa shape index (κ3) is 3.73. The van der Waals surface area contributed by atoms with Crippen molar-refractivity contribution in [3.8, 4) is 5.75 Å². The Morgan fingerprint density at radius 1 is 1.44 bits per heavy atom. The number of halogens is 4. The summed E-state index contributed by atoms with van der Waals surface area (Å²) in [7, 11) is 0. The van der Waals surface area contributed by atoms with Crippen LogP contribution in [0.3, 0.4) is 0 Å². The van der Waals surface area contributed by atoms with Gasteiger partial charge in [-0.1, -0.05) is 11.6 Å². The van der Waals surface area contributed by atoms with Crippen LogP contribution in [-0.2, 0) is 0 Å². The average molecular weight is 253 g/mol. The molecule has 0 aliphatic carbocycles. The second-order valence-electron chi connectivity index (χ2n) is 3.10. The first-order valence-corrected chi connectivity index (χ1v) is 4.67. The summed E-state index contributed by atoms with van der Waals surface area (Å²) in [4.78, 5) is 11.1. The first-order chi connectivity index (χ1) is 7.29. The van der Waals surface area contributed by atoms with Crippen molar-refractivity contribution in [1.29, 1.82) is 0 Å². The van der Waals surface area contributed by atoms with E-state index in [0.717, 1.165) is 0 Å². The average Bonchev–Trinajstić information content (AvgIpc) is 2.14. The van der Waals surface area contributed by atoms with E-state index in [9.17, 15) is 18.0 Å². The Balaban J connectivity index is 2.91. The molecule has 1 aromatic carbocycles. The molecule has 0 bridgehead atoms. The number of carbonyl (C=O) groups is 1. The molecule has 0 fully saturated rings. The predicted molar refractivity (Wildman–Crippen MR) is 53.0 cm³/mol. The van der Waals surface area contributed by atoms with Crippen LogP contribution in [0.1, 0.15) is 17.3 Å². The maximum atomic E-state index is 11.9. The van der Waals surface area contributed by atoms with Gasteiger partial charge >= 0.3 is 6.18 Å². The van der Waals surface area contributed by atoms with E-state index in [1.54, 1.807) is 0 Å². The number of hydrogen-bond acceptors (Lipinski definition) is 2. The van der Waals surface area contributed by atoms with E-state index in [0.29, 0.717) is 0 Å². The Hall–Kier alpha value is -1.23. The van der Waals surface area contributed by atoms with Crippen LogP contribution in [-0.4, -0.2) is 18.6 Å². The molecule has 16 heavy (non-hydrogen) atoms. The number of carbonyl (C=O) groups excluding carboxylic acids is 1. The van der Waals surface area contributed by atoms with Crippen LogP contribution in [0.15, 0.2) is 18.2 Å². The van der Waals surface area contributed by atoms with Crippen LogP contribution in [0.2, 0.25) is 5.02 Å². The molecule has 1 rings (SSSR count). The Morgan fingerprint density at radius 2 is 2.06 bits per heavy atom. The molecule has 0 saturated carbocycles. The predicted octanol–water partition coefficient (Wildman–Crippen LogP) is 3.48. The molecule has 0 radical (unpaired) electrons. The molecule has 0 aromatic heterocycles. The SMILES string of the molecule is CC(=O)c1cc(Cl)ccc1OCC(F)(F)F. The summed E-state index contributed by atoms with van der Waals surface area (Å²) in [5.74, 6) is -0.520. The first-order valence-electron chi connectivity index (χ1n) is 4.29. The van der Waals surface area contributed by atoms with Crippen molar-refractivity contribution >= 4 is 17.4 Å². The summed E-state index contributed by atoms with van der Waals surface area (Å²) in [6.45, 7) is -0.207. The van der Waals surface area contributed by atoms with Crippen molar-refractivity contribution in [2.45, 2.75) is 13.1 Å². The zero-order valence-electron chi connectivity index (χ0n) is 8.27. The third-order valence-corrected chi connectivity index (χ3v) is 1.95. The molecule has 0 N–H and O–H groups in total. The van der Waals surface area contributed by atoms with Crippen molar-refractivity contribution in [2.75, 3.05) is 6.61 Å². The van der Waals surface area contributed by atoms with Gasteiger partial charge in [-0.2, -0.15) is 13.2 Å². The summed E-state index contributed by atoms with van der Waals surface area (Å²) < 4.78 is 40.3. The molecule has 0 aliphatic rings. The quantitative estimate of drug-likeness (QED) is 0.770. The highest BCUT2D eigenvalue weighted by Gasteiger charge is 2.29. The maximum absolute atomic E-state index is 11.9. The molecule has 0 aliphatic heterocycles. The van der Waals surface area contributed by atoms with Gasteiger partial charge in [0.05, 0.1) is 5.56 Å². The minimum atomic E-state index is -4.44. The van der Waals surface area contributed by atoms with Crippen LogP contribution in [0.4, 0.5) is 13.2 Å². The van der Waals surface area contributed by atoms with E-state index in [1.165, 1.54) is 25.1 Å². The van der Waals surface area contributed by atoms with E-state index >= 15 is 0 Å². The fourth-order valence-corrected chi connectivity index (χ4v) is 1.23. The highest BCUT2D eigenvalue weighted by molar-refractivity contribution is 6.31. The Morgan fingerprint density at radius 3 is 2.56 bits per heavy atom. The number of rotatable bonds is 3. The number of ketones is 1. The van der Waals surface area contributed by atoms with E-state index in [-0.39, 0.29) is 16.3 Å². The molecule has 0 unspecified atom stereocenters. The minimum Gasteiger partial charge on any atom is -0.483 e. The van der Waals surface area contributed by atoms with Gasteiger partial charge in [0, 0.05) is 5.02 Å². The van der Waals surface area contributed by atoms with Crippen LogP contribution < -0.4 is 4.74 Å². The molecule has 1 aromatic rings. The molecule has 88 valence electrons. The van der Waals surface area contributed by atoms with E-state index in [2.05, 4.69) is 4.74 Å². The molecule has 0 heterocycles. The summed E-state index contributed by atoms with van der Waals surface area (Å²) in [5, 5.41) is 0.268. The molecular formula is C10H8ClF3O2. The Labute approximate surface area is 95.0 Å². The lowest BCUT2D eigenvalue weighted by Crippen LogP contribution is -2.20. The molecule has 0 amide bonds. The fraction of sp³-hybridized carbons (Fsp3) is 0.300. The van der Waals surface area contributed by atoms with E-state index in [1.807, 2.05) is 0 Å². The summed E-state index contributed by atoms with van der Waals surface area (Å²) >= 11 is 5.62. The van der Waals surface area contributed by atoms with Gasteiger partial charge in [0.25, 0.3) is 0 Å². The van der Waals surface area contributed by atoms with Crippen LogP contribution in [0.25, 0.3) is 0 Å². The van der Waals surface area contributed by atoms with Crippen LogP contribution >= 0.6 is 11.6 Å². The van der Waals surface area contributed by atoms with Gasteiger partial charge in [-0.25, -0.2) is 0 Å². The summed E-state index contributed by atoms with van der Waals surface area (Å²) in [5.41, 5.74) is 0.0387. The molecule has 0 saturated heterocycles. The Bertz CT molecular complexity index is 402. The van der Waals surface area contributed by atoms with Crippen LogP contribution in [0, 0.1) is 0 Å². The topological polar surface area (TPSA) is 26.3 Å². The first kappa shape index (κ1) is 12.8. The number of alkyl halides is 3. The van der Waals surface area contributed by atoms with Gasteiger partial charge in [-0.05, 0) is 25.1 Å². The standard InChI is InChI=1S/C10H8ClF3O2/c1-6(15)8-4-7(11)2-3-9(8)16-5-10(12,13)14/h2-4H,5H2,1H3. The molecule has 2 nitrogen and oxygen atoms in total. The number of Topliss-reactive ketones (excluding diaryl/α,β-unsaturated/α-hetero) is 1. The minimum absolute atomic E-state index is 0.0387. The highest BCUT2D eigenvalue weighted by Crippen LogP contribution is 2.25. The maximum Gasteiger partial charge on any atom is 0.422 e. The van der Waals surface area contributed by atoms with E-state index in [4.69, 9.17) is 11.6 Å². The lowest BCUT2D eigenvalue weighted by atomic mass is 10.1. The molecule has 0 spiro atoms. The lowest BCUT2D eigenvalue weighted by molar-refractivity contribution is -0.153. The second-order valence-corrected chi connectivity index (χ2v) is 3.54. The third-order valence-electron chi connectivity index (χ3n) is 1.71. The zero-order valence-corrected chi connectivity index (χ0v) is 9.02. The fourth-order valence-electron chi connectivity index (χ4n) is 1.06. The van der Waals surface area contributed by atoms with Crippen LogP contribution in [0.5, 0.6) is 5.75 Å². The van der Waals surface area contributed by atoms with Gasteiger partial charge in [0.2, 0.25) is 0 Å². The lowest BCUT2D eigenvalue weighted by Gasteiger charge is -2.11. The van der Waals surface area contributed by atoms with Crippen molar-refractivity contribution in [2.24, 2.45) is 0 Å². The van der Waals surface area contributed by atoms with Crippen molar-refractivity contribution in [1.82, 2.24) is 0 Å². The second kappa shape index (κ2) is 4.74. The molecular weight excluding hydrogens is 245 g/mol. The van der Waals surface area contributed by atoms with E-state index < -0.39 is 18.6 Å². The monoisotopic (exact) mass is 252 g/mol. The van der Waals surface area contributed by atoms with Gasteiger partial charge < -0.3 is 4.74 Å². The number of hydrogen-bond donors (Lipinski definition) is 0. The smallest absolute Gasteiger partial charge is 0.422 e. The normalized spacial score (nSPS) is 11.3. The van der Waals surface area contributed by atoms with Gasteiger partial charge in [-0.3, -0.25) is 4.79 Å². The van der Waals surface area contributed by atoms with Crippen molar-refractivity contribution in [3.05, 3.63) is 28.8 Å². The summed E-state index contributed by atoms with van der Waals surface area (Å²) in [6.07, 6.45) is -4.44. The zero-order chi connectivity index (χ0) is 12.3. The number of benzene rings is 1. The molecule has 0 atom stereocenters. The number of ether oxygens (including phenoxy) is 1. The van der Waals surface area contributed by atoms with Gasteiger partial charge in [0.15, 0.2) is 12.4 Å². The summed E-state index contributed by atoms with van der Waals surface area (Å²) in [6, 6.07) is 3.88. The largest absolute Gasteiger partial charge is 0.483 e. The molecule has 6 heteroatoms. The van der Waals surface area contributed by atoms with Crippen molar-refractivity contribution < 1.29 is 22.7 Å².